The predicted molar refractivity (Wildman–Crippen MR) is 85.5 cm³/mol. The van der Waals surface area contributed by atoms with E-state index >= 15 is 0 Å². The zero-order valence-electron chi connectivity index (χ0n) is 12.7. The number of ether oxygens (including phenoxy) is 2. The van der Waals surface area contributed by atoms with Crippen LogP contribution in [0.25, 0.3) is 0 Å². The Hall–Kier alpha value is -1.95. The summed E-state index contributed by atoms with van der Waals surface area (Å²) < 4.78 is 10.6. The molecule has 21 heavy (non-hydrogen) atoms. The van der Waals surface area contributed by atoms with Gasteiger partial charge in [0.2, 0.25) is 0 Å². The number of methoxy groups -OCH3 is 2. The van der Waals surface area contributed by atoms with E-state index in [2.05, 4.69) is 14.9 Å². The summed E-state index contributed by atoms with van der Waals surface area (Å²) in [5, 5.41) is 0.770. The number of rotatable bonds is 6. The Balaban J connectivity index is 2.16. The number of nitrogens with zero attached hydrogens (tertiary/aromatic N) is 3. The summed E-state index contributed by atoms with van der Waals surface area (Å²) in [6, 6.07) is 7.82. The normalized spacial score (nSPS) is 10.3. The summed E-state index contributed by atoms with van der Waals surface area (Å²) in [6.45, 7) is 0.727. The smallest absolute Gasteiger partial charge is 0.189 e. The third-order valence-corrected chi connectivity index (χ3v) is 3.62. The first-order valence-corrected chi connectivity index (χ1v) is 7.69. The van der Waals surface area contributed by atoms with Crippen molar-refractivity contribution in [1.29, 1.82) is 0 Å². The van der Waals surface area contributed by atoms with Crippen LogP contribution in [-0.2, 0) is 6.54 Å². The summed E-state index contributed by atoms with van der Waals surface area (Å²) in [6.07, 6.45) is 3.74. The second-order valence-corrected chi connectivity index (χ2v) is 5.22. The molecule has 0 fully saturated rings. The van der Waals surface area contributed by atoms with Crippen LogP contribution in [0, 0.1) is 0 Å². The standard InChI is InChI=1S/C15H19N3O2S/c1-18(14-7-8-16-15(17-14)21-4)10-11-5-6-12(19-2)13(9-11)20-3/h5-9H,10H2,1-4H3. The van der Waals surface area contributed by atoms with Gasteiger partial charge in [0.15, 0.2) is 16.7 Å². The lowest BCUT2D eigenvalue weighted by atomic mass is 10.2. The summed E-state index contributed by atoms with van der Waals surface area (Å²) in [5.41, 5.74) is 1.12. The van der Waals surface area contributed by atoms with E-state index in [4.69, 9.17) is 9.47 Å². The molecule has 1 heterocycles. The van der Waals surface area contributed by atoms with E-state index in [9.17, 15) is 0 Å². The first-order valence-electron chi connectivity index (χ1n) is 6.47. The molecule has 0 spiro atoms. The molecule has 0 radical (unpaired) electrons. The summed E-state index contributed by atoms with van der Waals surface area (Å²) in [7, 11) is 5.28. The van der Waals surface area contributed by atoms with E-state index < -0.39 is 0 Å². The van der Waals surface area contributed by atoms with Gasteiger partial charge in [-0.15, -0.1) is 0 Å². The molecular weight excluding hydrogens is 286 g/mol. The molecule has 0 saturated carbocycles. The fourth-order valence-corrected chi connectivity index (χ4v) is 2.33. The van der Waals surface area contributed by atoms with E-state index in [-0.39, 0.29) is 0 Å². The minimum absolute atomic E-state index is 0.727. The van der Waals surface area contributed by atoms with E-state index in [1.54, 1.807) is 20.4 Å². The third kappa shape index (κ3) is 3.78. The molecule has 2 aromatic rings. The van der Waals surface area contributed by atoms with Crippen molar-refractivity contribution in [3.63, 3.8) is 0 Å². The summed E-state index contributed by atoms with van der Waals surface area (Å²) in [5.74, 6) is 2.36. The average Bonchev–Trinajstić information content (AvgIpc) is 2.54. The minimum atomic E-state index is 0.727. The highest BCUT2D eigenvalue weighted by Gasteiger charge is 2.08. The van der Waals surface area contributed by atoms with Crippen molar-refractivity contribution in [2.75, 3.05) is 32.4 Å². The molecule has 112 valence electrons. The lowest BCUT2D eigenvalue weighted by molar-refractivity contribution is 0.354. The Morgan fingerprint density at radius 1 is 1.14 bits per heavy atom. The third-order valence-electron chi connectivity index (χ3n) is 3.06. The number of hydrogen-bond donors (Lipinski definition) is 0. The number of aromatic nitrogens is 2. The summed E-state index contributed by atoms with van der Waals surface area (Å²) >= 11 is 1.53. The van der Waals surface area contributed by atoms with Crippen molar-refractivity contribution in [2.24, 2.45) is 0 Å². The predicted octanol–water partition coefficient (Wildman–Crippen LogP) is 2.85. The Labute approximate surface area is 129 Å². The van der Waals surface area contributed by atoms with Crippen molar-refractivity contribution in [2.45, 2.75) is 11.7 Å². The molecule has 1 aromatic heterocycles. The highest BCUT2D eigenvalue weighted by atomic mass is 32.2. The van der Waals surface area contributed by atoms with Gasteiger partial charge in [-0.05, 0) is 30.0 Å². The first kappa shape index (κ1) is 15.4. The van der Waals surface area contributed by atoms with Crippen LogP contribution >= 0.6 is 11.8 Å². The lowest BCUT2D eigenvalue weighted by Gasteiger charge is -2.19. The van der Waals surface area contributed by atoms with E-state index in [1.165, 1.54) is 11.8 Å². The Morgan fingerprint density at radius 2 is 1.90 bits per heavy atom. The SMILES string of the molecule is COc1ccc(CN(C)c2ccnc(SC)n2)cc1OC. The molecular formula is C15H19N3O2S. The van der Waals surface area contributed by atoms with Gasteiger partial charge in [0.25, 0.3) is 0 Å². The van der Waals surface area contributed by atoms with Crippen LogP contribution in [0.2, 0.25) is 0 Å². The van der Waals surface area contributed by atoms with Crippen LogP contribution in [0.3, 0.4) is 0 Å². The lowest BCUT2D eigenvalue weighted by Crippen LogP contribution is -2.18. The molecule has 0 bridgehead atoms. The van der Waals surface area contributed by atoms with Crippen LogP contribution in [0.5, 0.6) is 11.5 Å². The van der Waals surface area contributed by atoms with Gasteiger partial charge >= 0.3 is 0 Å². The van der Waals surface area contributed by atoms with Crippen LogP contribution in [0.15, 0.2) is 35.6 Å². The maximum atomic E-state index is 5.33. The zero-order chi connectivity index (χ0) is 15.2. The number of anilines is 1. The van der Waals surface area contributed by atoms with E-state index in [0.29, 0.717) is 0 Å². The molecule has 1 aromatic carbocycles. The molecule has 0 aliphatic heterocycles. The van der Waals surface area contributed by atoms with Crippen LogP contribution in [0.4, 0.5) is 5.82 Å². The monoisotopic (exact) mass is 305 g/mol. The van der Waals surface area contributed by atoms with Crippen molar-refractivity contribution in [3.8, 4) is 11.5 Å². The van der Waals surface area contributed by atoms with Crippen molar-refractivity contribution in [3.05, 3.63) is 36.0 Å². The molecule has 0 amide bonds. The Morgan fingerprint density at radius 3 is 2.57 bits per heavy atom. The van der Waals surface area contributed by atoms with E-state index in [0.717, 1.165) is 34.6 Å². The topological polar surface area (TPSA) is 47.5 Å². The van der Waals surface area contributed by atoms with Crippen molar-refractivity contribution < 1.29 is 9.47 Å². The van der Waals surface area contributed by atoms with Crippen molar-refractivity contribution in [1.82, 2.24) is 9.97 Å². The average molecular weight is 305 g/mol. The minimum Gasteiger partial charge on any atom is -0.493 e. The molecule has 6 heteroatoms. The summed E-state index contributed by atoms with van der Waals surface area (Å²) in [4.78, 5) is 10.7. The van der Waals surface area contributed by atoms with Gasteiger partial charge in [-0.1, -0.05) is 17.8 Å². The maximum absolute atomic E-state index is 5.33. The van der Waals surface area contributed by atoms with Gasteiger partial charge in [0.05, 0.1) is 14.2 Å². The largest absolute Gasteiger partial charge is 0.493 e. The van der Waals surface area contributed by atoms with Crippen LogP contribution in [-0.4, -0.2) is 37.5 Å². The highest BCUT2D eigenvalue weighted by Crippen LogP contribution is 2.28. The maximum Gasteiger partial charge on any atom is 0.189 e. The van der Waals surface area contributed by atoms with Crippen LogP contribution in [0.1, 0.15) is 5.56 Å². The molecule has 0 unspecified atom stereocenters. The second-order valence-electron chi connectivity index (χ2n) is 4.45. The van der Waals surface area contributed by atoms with Gasteiger partial charge < -0.3 is 14.4 Å². The van der Waals surface area contributed by atoms with Gasteiger partial charge in [-0.25, -0.2) is 9.97 Å². The highest BCUT2D eigenvalue weighted by molar-refractivity contribution is 7.98. The molecule has 2 rings (SSSR count). The number of thioether (sulfide) groups is 1. The molecule has 5 nitrogen and oxygen atoms in total. The first-order chi connectivity index (χ1) is 10.2. The molecule has 0 N–H and O–H groups in total. The van der Waals surface area contributed by atoms with Crippen LogP contribution < -0.4 is 14.4 Å². The molecule has 0 atom stereocenters. The quantitative estimate of drug-likeness (QED) is 0.604. The Bertz CT molecular complexity index is 607. The molecule has 0 aliphatic rings. The molecule has 0 aliphatic carbocycles. The van der Waals surface area contributed by atoms with Crippen molar-refractivity contribution >= 4 is 17.6 Å². The van der Waals surface area contributed by atoms with Gasteiger partial charge in [0.1, 0.15) is 5.82 Å². The number of hydrogen-bond acceptors (Lipinski definition) is 6. The van der Waals surface area contributed by atoms with E-state index in [1.807, 2.05) is 37.6 Å². The van der Waals surface area contributed by atoms with Gasteiger partial charge in [-0.3, -0.25) is 0 Å². The number of benzene rings is 1. The van der Waals surface area contributed by atoms with Gasteiger partial charge in [-0.2, -0.15) is 0 Å². The Kier molecular flexibility index (Phi) is 5.27. The molecule has 0 saturated heterocycles. The zero-order valence-corrected chi connectivity index (χ0v) is 13.5. The fraction of sp³-hybridized carbons (Fsp3) is 0.333. The second kappa shape index (κ2) is 7.17. The van der Waals surface area contributed by atoms with Gasteiger partial charge in [0, 0.05) is 19.8 Å². The fourth-order valence-electron chi connectivity index (χ4n) is 1.98.